The van der Waals surface area contributed by atoms with Crippen molar-refractivity contribution < 1.29 is 23.4 Å². The lowest BCUT2D eigenvalue weighted by Crippen LogP contribution is -2.46. The molecule has 4 rings (SSSR count). The Bertz CT molecular complexity index is 886. The predicted octanol–water partition coefficient (Wildman–Crippen LogP) is 2.83. The molecule has 0 unspecified atom stereocenters. The molecule has 0 aliphatic carbocycles. The Balaban J connectivity index is 1.53. The standard InChI is InChI=1S/C20H23F2N3O3/c1-11-10-13-17(12(2)28-11)23-24-18(13)19(26)25-8-6-20(27,7-9-25)16-14(21)4-3-5-15(16)22/h3-5,11-12,27H,6-10H2,1-2H3,(H,23,24)/t11-,12+/m1/s1. The van der Waals surface area contributed by atoms with Crippen LogP contribution in [-0.4, -0.2) is 45.3 Å². The second kappa shape index (κ2) is 6.93. The molecule has 1 aromatic carbocycles. The number of rotatable bonds is 2. The molecule has 2 N–H and O–H groups in total. The van der Waals surface area contributed by atoms with Crippen LogP contribution < -0.4 is 0 Å². The van der Waals surface area contributed by atoms with Gasteiger partial charge in [0.15, 0.2) is 5.69 Å². The number of aromatic nitrogens is 2. The summed E-state index contributed by atoms with van der Waals surface area (Å²) in [7, 11) is 0. The Labute approximate surface area is 161 Å². The Morgan fingerprint density at radius 3 is 2.57 bits per heavy atom. The number of benzene rings is 1. The molecule has 0 radical (unpaired) electrons. The maximum Gasteiger partial charge on any atom is 0.274 e. The fraction of sp³-hybridized carbons (Fsp3) is 0.500. The first-order chi connectivity index (χ1) is 13.3. The first-order valence-corrected chi connectivity index (χ1v) is 9.49. The van der Waals surface area contributed by atoms with Gasteiger partial charge in [-0.3, -0.25) is 9.89 Å². The molecule has 1 aromatic heterocycles. The number of amides is 1. The van der Waals surface area contributed by atoms with Crippen LogP contribution in [0.25, 0.3) is 0 Å². The average Bonchev–Trinajstić information content (AvgIpc) is 3.05. The van der Waals surface area contributed by atoms with E-state index in [1.54, 1.807) is 4.90 Å². The molecule has 1 saturated heterocycles. The van der Waals surface area contributed by atoms with Gasteiger partial charge >= 0.3 is 0 Å². The van der Waals surface area contributed by atoms with E-state index in [2.05, 4.69) is 10.2 Å². The van der Waals surface area contributed by atoms with Gasteiger partial charge in [-0.15, -0.1) is 0 Å². The topological polar surface area (TPSA) is 78.5 Å². The highest BCUT2D eigenvalue weighted by Gasteiger charge is 2.40. The fourth-order valence-electron chi connectivity index (χ4n) is 4.27. The molecule has 0 bridgehead atoms. The van der Waals surface area contributed by atoms with Gasteiger partial charge in [-0.2, -0.15) is 5.10 Å². The number of piperidine rings is 1. The van der Waals surface area contributed by atoms with Crippen LogP contribution in [0.1, 0.15) is 60.1 Å². The number of aliphatic hydroxyl groups is 1. The zero-order valence-electron chi connectivity index (χ0n) is 15.8. The Morgan fingerprint density at radius 2 is 1.93 bits per heavy atom. The molecule has 0 spiro atoms. The van der Waals surface area contributed by atoms with E-state index in [0.29, 0.717) is 12.1 Å². The van der Waals surface area contributed by atoms with Gasteiger partial charge in [-0.1, -0.05) is 6.07 Å². The highest BCUT2D eigenvalue weighted by atomic mass is 19.1. The van der Waals surface area contributed by atoms with Crippen LogP contribution in [0, 0.1) is 11.6 Å². The van der Waals surface area contributed by atoms with E-state index in [9.17, 15) is 18.7 Å². The van der Waals surface area contributed by atoms with Crippen molar-refractivity contribution >= 4 is 5.91 Å². The smallest absolute Gasteiger partial charge is 0.274 e. The molecule has 6 nitrogen and oxygen atoms in total. The number of carbonyl (C=O) groups excluding carboxylic acids is 1. The number of likely N-dealkylation sites (tertiary alicyclic amines) is 1. The van der Waals surface area contributed by atoms with Gasteiger partial charge in [0.25, 0.3) is 5.91 Å². The molecule has 2 atom stereocenters. The number of H-pyrrole nitrogens is 1. The van der Waals surface area contributed by atoms with Crippen molar-refractivity contribution in [1.82, 2.24) is 15.1 Å². The van der Waals surface area contributed by atoms with Crippen LogP contribution >= 0.6 is 0 Å². The summed E-state index contributed by atoms with van der Waals surface area (Å²) in [6, 6.07) is 3.53. The van der Waals surface area contributed by atoms with Crippen molar-refractivity contribution in [3.05, 3.63) is 52.3 Å². The van der Waals surface area contributed by atoms with Crippen LogP contribution in [0.4, 0.5) is 8.78 Å². The molecular weight excluding hydrogens is 368 g/mol. The highest BCUT2D eigenvalue weighted by Crippen LogP contribution is 2.37. The van der Waals surface area contributed by atoms with Crippen LogP contribution in [0.5, 0.6) is 0 Å². The van der Waals surface area contributed by atoms with Crippen molar-refractivity contribution in [2.75, 3.05) is 13.1 Å². The van der Waals surface area contributed by atoms with Gasteiger partial charge in [0.1, 0.15) is 11.6 Å². The summed E-state index contributed by atoms with van der Waals surface area (Å²) in [5.41, 5.74) is 0.0767. The van der Waals surface area contributed by atoms with Crippen molar-refractivity contribution in [3.63, 3.8) is 0 Å². The number of aromatic amines is 1. The summed E-state index contributed by atoms with van der Waals surface area (Å²) in [4.78, 5) is 14.6. The normalized spacial score (nSPS) is 24.1. The molecule has 1 amide bonds. The monoisotopic (exact) mass is 391 g/mol. The molecule has 2 aromatic rings. The molecule has 8 heteroatoms. The van der Waals surface area contributed by atoms with Gasteiger partial charge in [-0.25, -0.2) is 8.78 Å². The van der Waals surface area contributed by atoms with Crippen LogP contribution in [0.2, 0.25) is 0 Å². The van der Waals surface area contributed by atoms with Crippen LogP contribution in [0.15, 0.2) is 18.2 Å². The molecule has 2 aliphatic rings. The van der Waals surface area contributed by atoms with Gasteiger partial charge in [0.2, 0.25) is 0 Å². The Morgan fingerprint density at radius 1 is 1.29 bits per heavy atom. The van der Waals surface area contributed by atoms with Gasteiger partial charge in [-0.05, 0) is 38.8 Å². The molecule has 1 fully saturated rings. The minimum absolute atomic E-state index is 0.0119. The zero-order valence-corrected chi connectivity index (χ0v) is 15.8. The number of ether oxygens (including phenoxy) is 1. The van der Waals surface area contributed by atoms with Crippen molar-refractivity contribution in [3.8, 4) is 0 Å². The predicted molar refractivity (Wildman–Crippen MR) is 96.6 cm³/mol. The number of nitrogens with zero attached hydrogens (tertiary/aromatic N) is 2. The number of hydrogen-bond acceptors (Lipinski definition) is 4. The summed E-state index contributed by atoms with van der Waals surface area (Å²) in [6.45, 7) is 4.23. The van der Waals surface area contributed by atoms with Crippen molar-refractivity contribution in [2.24, 2.45) is 0 Å². The lowest BCUT2D eigenvalue weighted by Gasteiger charge is -2.38. The first-order valence-electron chi connectivity index (χ1n) is 9.49. The second-order valence-electron chi connectivity index (χ2n) is 7.68. The maximum atomic E-state index is 14.1. The summed E-state index contributed by atoms with van der Waals surface area (Å²) >= 11 is 0. The third-order valence-corrected chi connectivity index (χ3v) is 5.74. The lowest BCUT2D eigenvalue weighted by molar-refractivity contribution is -0.0264. The van der Waals surface area contributed by atoms with Crippen LogP contribution in [-0.2, 0) is 16.8 Å². The van der Waals surface area contributed by atoms with Crippen molar-refractivity contribution in [2.45, 2.75) is 50.9 Å². The summed E-state index contributed by atoms with van der Waals surface area (Å²) in [5, 5.41) is 17.9. The van der Waals surface area contributed by atoms with Crippen molar-refractivity contribution in [1.29, 1.82) is 0 Å². The fourth-order valence-corrected chi connectivity index (χ4v) is 4.27. The van der Waals surface area contributed by atoms with E-state index >= 15 is 0 Å². The molecular formula is C20H23F2N3O3. The number of halogens is 2. The first kappa shape index (κ1) is 19.0. The minimum atomic E-state index is -1.63. The van der Waals surface area contributed by atoms with E-state index in [4.69, 9.17) is 4.74 Å². The van der Waals surface area contributed by atoms with E-state index < -0.39 is 17.2 Å². The molecule has 150 valence electrons. The highest BCUT2D eigenvalue weighted by molar-refractivity contribution is 5.94. The zero-order chi connectivity index (χ0) is 20.1. The van der Waals surface area contributed by atoms with Gasteiger partial charge in [0.05, 0.1) is 29.1 Å². The SMILES string of the molecule is C[C@@H]1Cc2c(C(=O)N3CCC(O)(c4c(F)cccc4F)CC3)n[nH]c2[C@H](C)O1. The minimum Gasteiger partial charge on any atom is -0.385 e. The van der Waals surface area contributed by atoms with E-state index in [0.717, 1.165) is 23.4 Å². The maximum absolute atomic E-state index is 14.1. The summed E-state index contributed by atoms with van der Waals surface area (Å²) in [6.07, 6.45) is 0.527. The summed E-state index contributed by atoms with van der Waals surface area (Å²) < 4.78 is 34.0. The van der Waals surface area contributed by atoms with Gasteiger partial charge < -0.3 is 14.7 Å². The van der Waals surface area contributed by atoms with Crippen LogP contribution in [0.3, 0.4) is 0 Å². The Kier molecular flexibility index (Phi) is 4.71. The largest absolute Gasteiger partial charge is 0.385 e. The lowest BCUT2D eigenvalue weighted by atomic mass is 9.83. The molecule has 3 heterocycles. The van der Waals surface area contributed by atoms with Gasteiger partial charge in [0, 0.05) is 25.1 Å². The third kappa shape index (κ3) is 3.10. The molecule has 2 aliphatic heterocycles. The number of carbonyl (C=O) groups is 1. The van der Waals surface area contributed by atoms with E-state index in [1.165, 1.54) is 6.07 Å². The summed E-state index contributed by atoms with van der Waals surface area (Å²) in [5.74, 6) is -1.78. The Hall–Kier alpha value is -2.32. The second-order valence-corrected chi connectivity index (χ2v) is 7.68. The average molecular weight is 391 g/mol. The quantitative estimate of drug-likeness (QED) is 0.825. The number of nitrogens with one attached hydrogen (secondary N) is 1. The third-order valence-electron chi connectivity index (χ3n) is 5.74. The molecule has 28 heavy (non-hydrogen) atoms. The van der Waals surface area contributed by atoms with E-state index in [1.807, 2.05) is 13.8 Å². The number of hydrogen-bond donors (Lipinski definition) is 2. The van der Waals surface area contributed by atoms with E-state index in [-0.39, 0.29) is 49.6 Å². The number of fused-ring (bicyclic) bond motifs is 1. The molecule has 0 saturated carbocycles.